The lowest BCUT2D eigenvalue weighted by atomic mass is 9.71. The number of aromatic amines is 2. The summed E-state index contributed by atoms with van der Waals surface area (Å²) in [6, 6.07) is 16.3. The maximum absolute atomic E-state index is 5.51. The molecule has 0 aliphatic rings. The fourth-order valence-electron chi connectivity index (χ4n) is 4.40. The van der Waals surface area contributed by atoms with Gasteiger partial charge in [-0.15, -0.1) is 0 Å². The van der Waals surface area contributed by atoms with Crippen molar-refractivity contribution in [1.82, 2.24) is 15.0 Å². The molecule has 3 aromatic heterocycles. The van der Waals surface area contributed by atoms with E-state index < -0.39 is 5.41 Å². The molecule has 0 aliphatic carbocycles. The summed E-state index contributed by atoms with van der Waals surface area (Å²) >= 11 is 0. The average Bonchev–Trinajstić information content (AvgIpc) is 3.43. The second-order valence-electron chi connectivity index (χ2n) is 7.59. The van der Waals surface area contributed by atoms with Crippen LogP contribution >= 0.6 is 0 Å². The average molecular weight is 397 g/mol. The minimum atomic E-state index is -0.455. The molecule has 30 heavy (non-hydrogen) atoms. The first-order valence-corrected chi connectivity index (χ1v) is 9.87. The molecule has 150 valence electrons. The van der Waals surface area contributed by atoms with Crippen LogP contribution in [-0.2, 0) is 5.41 Å². The molecule has 5 rings (SSSR count). The van der Waals surface area contributed by atoms with Gasteiger partial charge in [-0.25, -0.2) is 0 Å². The van der Waals surface area contributed by atoms with Crippen LogP contribution < -0.4 is 9.47 Å². The summed E-state index contributed by atoms with van der Waals surface area (Å²) in [5.41, 5.74) is 5.11. The van der Waals surface area contributed by atoms with E-state index in [0.29, 0.717) is 0 Å². The Morgan fingerprint density at radius 3 is 1.83 bits per heavy atom. The van der Waals surface area contributed by atoms with Gasteiger partial charge in [0.2, 0.25) is 0 Å². The number of nitrogens with one attached hydrogen (secondary N) is 2. The Morgan fingerprint density at radius 2 is 1.37 bits per heavy atom. The molecule has 0 radical (unpaired) electrons. The van der Waals surface area contributed by atoms with Gasteiger partial charge in [-0.05, 0) is 66.1 Å². The van der Waals surface area contributed by atoms with E-state index in [2.05, 4.69) is 64.6 Å². The molecule has 0 amide bonds. The molecule has 2 N–H and O–H groups in total. The third kappa shape index (κ3) is 2.66. The lowest BCUT2D eigenvalue weighted by Gasteiger charge is -2.30. The number of hydrogen-bond acceptors (Lipinski definition) is 3. The van der Waals surface area contributed by atoms with Gasteiger partial charge in [0, 0.05) is 52.0 Å². The SMILES string of the molecule is COc1ccc2[nH]cc(C(C)(c3cccnc3)c3c[nH]c4ccc(OC)cc34)c2c1. The van der Waals surface area contributed by atoms with E-state index in [1.54, 1.807) is 20.4 Å². The largest absolute Gasteiger partial charge is 0.497 e. The summed E-state index contributed by atoms with van der Waals surface area (Å²) in [7, 11) is 3.39. The topological polar surface area (TPSA) is 62.9 Å². The van der Waals surface area contributed by atoms with Crippen LogP contribution in [-0.4, -0.2) is 29.2 Å². The van der Waals surface area contributed by atoms with E-state index in [9.17, 15) is 0 Å². The number of fused-ring (bicyclic) bond motifs is 2. The van der Waals surface area contributed by atoms with Crippen molar-refractivity contribution in [2.75, 3.05) is 14.2 Å². The van der Waals surface area contributed by atoms with Crippen LogP contribution in [0.15, 0.2) is 73.3 Å². The van der Waals surface area contributed by atoms with E-state index in [1.807, 2.05) is 24.4 Å². The lowest BCUT2D eigenvalue weighted by Crippen LogP contribution is -2.25. The predicted molar refractivity (Wildman–Crippen MR) is 119 cm³/mol. The molecular weight excluding hydrogens is 374 g/mol. The van der Waals surface area contributed by atoms with E-state index >= 15 is 0 Å². The Morgan fingerprint density at radius 1 is 0.800 bits per heavy atom. The molecule has 2 aromatic carbocycles. The number of H-pyrrole nitrogens is 2. The molecule has 0 fully saturated rings. The molecule has 5 aromatic rings. The summed E-state index contributed by atoms with van der Waals surface area (Å²) < 4.78 is 11.0. The van der Waals surface area contributed by atoms with Crippen molar-refractivity contribution in [3.8, 4) is 11.5 Å². The van der Waals surface area contributed by atoms with Gasteiger partial charge in [-0.2, -0.15) is 0 Å². The predicted octanol–water partition coefficient (Wildman–Crippen LogP) is 5.42. The smallest absolute Gasteiger partial charge is 0.119 e. The van der Waals surface area contributed by atoms with Gasteiger partial charge in [0.1, 0.15) is 11.5 Å². The number of pyridine rings is 1. The van der Waals surface area contributed by atoms with Crippen molar-refractivity contribution in [2.24, 2.45) is 0 Å². The summed E-state index contributed by atoms with van der Waals surface area (Å²) in [6.45, 7) is 2.24. The Balaban J connectivity index is 1.85. The summed E-state index contributed by atoms with van der Waals surface area (Å²) in [4.78, 5) is 11.3. The van der Waals surface area contributed by atoms with E-state index in [1.165, 1.54) is 0 Å². The zero-order chi connectivity index (χ0) is 20.7. The Labute approximate surface area is 174 Å². The number of benzene rings is 2. The number of hydrogen-bond donors (Lipinski definition) is 2. The van der Waals surface area contributed by atoms with Gasteiger partial charge in [0.05, 0.1) is 14.2 Å². The number of aromatic nitrogens is 3. The zero-order valence-electron chi connectivity index (χ0n) is 17.2. The van der Waals surface area contributed by atoms with Crippen molar-refractivity contribution >= 4 is 21.8 Å². The molecule has 0 spiro atoms. The first-order valence-electron chi connectivity index (χ1n) is 9.87. The van der Waals surface area contributed by atoms with E-state index in [-0.39, 0.29) is 0 Å². The van der Waals surface area contributed by atoms with E-state index in [0.717, 1.165) is 50.0 Å². The summed E-state index contributed by atoms with van der Waals surface area (Å²) in [6.07, 6.45) is 7.94. The van der Waals surface area contributed by atoms with Gasteiger partial charge in [-0.3, -0.25) is 4.98 Å². The first kappa shape index (κ1) is 18.3. The Bertz CT molecular complexity index is 1250. The number of methoxy groups -OCH3 is 2. The standard InChI is InChI=1S/C25H23N3O2/c1-25(16-5-4-10-26-13-16,21-14-27-23-8-6-17(29-2)11-19(21)23)22-15-28-24-9-7-18(30-3)12-20(22)24/h4-15,27-28H,1-3H3. The molecule has 0 saturated carbocycles. The third-order valence-corrected chi connectivity index (χ3v) is 6.09. The maximum Gasteiger partial charge on any atom is 0.119 e. The molecule has 0 aliphatic heterocycles. The van der Waals surface area contributed by atoms with Crippen molar-refractivity contribution < 1.29 is 9.47 Å². The molecule has 5 heteroatoms. The molecular formula is C25H23N3O2. The normalized spacial score (nSPS) is 11.8. The monoisotopic (exact) mass is 397 g/mol. The van der Waals surface area contributed by atoms with Gasteiger partial charge in [0.25, 0.3) is 0 Å². The van der Waals surface area contributed by atoms with Gasteiger partial charge >= 0.3 is 0 Å². The number of nitrogens with zero attached hydrogens (tertiary/aromatic N) is 1. The minimum Gasteiger partial charge on any atom is -0.497 e. The van der Waals surface area contributed by atoms with Gasteiger partial charge in [-0.1, -0.05) is 6.07 Å². The highest BCUT2D eigenvalue weighted by Gasteiger charge is 2.36. The fraction of sp³-hybridized carbons (Fsp3) is 0.160. The maximum atomic E-state index is 5.51. The van der Waals surface area contributed by atoms with Crippen LogP contribution in [0.5, 0.6) is 11.5 Å². The van der Waals surface area contributed by atoms with Gasteiger partial charge < -0.3 is 19.4 Å². The summed E-state index contributed by atoms with van der Waals surface area (Å²) in [5, 5.41) is 2.25. The highest BCUT2D eigenvalue weighted by atomic mass is 16.5. The van der Waals surface area contributed by atoms with Crippen LogP contribution in [0.4, 0.5) is 0 Å². The van der Waals surface area contributed by atoms with Crippen molar-refractivity contribution in [2.45, 2.75) is 12.3 Å². The van der Waals surface area contributed by atoms with Crippen molar-refractivity contribution in [1.29, 1.82) is 0 Å². The van der Waals surface area contributed by atoms with Crippen LogP contribution in [0.25, 0.3) is 21.8 Å². The highest BCUT2D eigenvalue weighted by Crippen LogP contribution is 2.45. The molecule has 0 atom stereocenters. The second kappa shape index (κ2) is 6.95. The Hall–Kier alpha value is -3.73. The molecule has 5 nitrogen and oxygen atoms in total. The van der Waals surface area contributed by atoms with Crippen LogP contribution in [0, 0.1) is 0 Å². The number of rotatable bonds is 5. The highest BCUT2D eigenvalue weighted by molar-refractivity contribution is 5.91. The molecule has 3 heterocycles. The fourth-order valence-corrected chi connectivity index (χ4v) is 4.40. The van der Waals surface area contributed by atoms with E-state index in [4.69, 9.17) is 9.47 Å². The lowest BCUT2D eigenvalue weighted by molar-refractivity contribution is 0.415. The first-order chi connectivity index (χ1) is 14.6. The number of ether oxygens (including phenoxy) is 2. The van der Waals surface area contributed by atoms with Gasteiger partial charge in [0.15, 0.2) is 0 Å². The molecule has 0 bridgehead atoms. The Kier molecular flexibility index (Phi) is 4.24. The summed E-state index contributed by atoms with van der Waals surface area (Å²) in [5.74, 6) is 1.66. The van der Waals surface area contributed by atoms with Crippen LogP contribution in [0.2, 0.25) is 0 Å². The quantitative estimate of drug-likeness (QED) is 0.416. The van der Waals surface area contributed by atoms with Crippen LogP contribution in [0.3, 0.4) is 0 Å². The zero-order valence-corrected chi connectivity index (χ0v) is 17.2. The molecule has 0 saturated heterocycles. The second-order valence-corrected chi connectivity index (χ2v) is 7.59. The molecule has 0 unspecified atom stereocenters. The van der Waals surface area contributed by atoms with Crippen molar-refractivity contribution in [3.63, 3.8) is 0 Å². The van der Waals surface area contributed by atoms with Crippen LogP contribution in [0.1, 0.15) is 23.6 Å². The minimum absolute atomic E-state index is 0.455. The third-order valence-electron chi connectivity index (χ3n) is 6.09. The van der Waals surface area contributed by atoms with Crippen molar-refractivity contribution in [3.05, 3.63) is 90.0 Å².